The summed E-state index contributed by atoms with van der Waals surface area (Å²) in [5.74, 6) is 0.656. The molecule has 1 fully saturated rings. The molecule has 0 N–H and O–H groups in total. The highest BCUT2D eigenvalue weighted by molar-refractivity contribution is 7.98. The van der Waals surface area contributed by atoms with Crippen LogP contribution in [-0.2, 0) is 12.3 Å². The highest BCUT2D eigenvalue weighted by Crippen LogP contribution is 2.28. The van der Waals surface area contributed by atoms with Gasteiger partial charge in [0.05, 0.1) is 5.75 Å². The lowest BCUT2D eigenvalue weighted by Gasteiger charge is -2.34. The molecule has 1 saturated heterocycles. The molecule has 0 radical (unpaired) electrons. The molecule has 1 aliphatic heterocycles. The van der Waals surface area contributed by atoms with Crippen LogP contribution in [0.4, 0.5) is 0 Å². The third-order valence-corrected chi connectivity index (χ3v) is 7.39. The van der Waals surface area contributed by atoms with Gasteiger partial charge in [0.15, 0.2) is 5.58 Å². The summed E-state index contributed by atoms with van der Waals surface area (Å²) in [5, 5.41) is 3.40. The summed E-state index contributed by atoms with van der Waals surface area (Å²) in [6.45, 7) is 6.19. The van der Waals surface area contributed by atoms with Crippen molar-refractivity contribution in [1.29, 1.82) is 0 Å². The molecular formula is C24H24N4O2S2. The second-order valence-electron chi connectivity index (χ2n) is 7.92. The number of aromatic nitrogens is 2. The Balaban J connectivity index is 1.14. The van der Waals surface area contributed by atoms with Crippen LogP contribution in [-0.4, -0.2) is 51.9 Å². The largest absolute Gasteiger partial charge is 0.431 e. The van der Waals surface area contributed by atoms with Crippen LogP contribution in [0.5, 0.6) is 0 Å². The summed E-state index contributed by atoms with van der Waals surface area (Å²) < 4.78 is 5.80. The number of amides is 1. The van der Waals surface area contributed by atoms with Crippen LogP contribution in [0.1, 0.15) is 26.6 Å². The minimum Gasteiger partial charge on any atom is -0.431 e. The van der Waals surface area contributed by atoms with E-state index in [4.69, 9.17) is 4.42 Å². The summed E-state index contributed by atoms with van der Waals surface area (Å²) >= 11 is 3.02. The van der Waals surface area contributed by atoms with Crippen LogP contribution < -0.4 is 0 Å². The Morgan fingerprint density at radius 3 is 2.72 bits per heavy atom. The van der Waals surface area contributed by atoms with Crippen LogP contribution in [0.25, 0.3) is 11.1 Å². The van der Waals surface area contributed by atoms with E-state index in [0.29, 0.717) is 16.7 Å². The number of aryl methyl sites for hydroxylation is 1. The summed E-state index contributed by atoms with van der Waals surface area (Å²) in [7, 11) is 0. The fourth-order valence-corrected chi connectivity index (χ4v) is 5.41. The summed E-state index contributed by atoms with van der Waals surface area (Å²) in [6.07, 6.45) is 0. The second kappa shape index (κ2) is 9.44. The first kappa shape index (κ1) is 21.2. The third-order valence-electron chi connectivity index (χ3n) is 5.52. The van der Waals surface area contributed by atoms with Crippen LogP contribution in [0, 0.1) is 6.92 Å². The van der Waals surface area contributed by atoms with Crippen molar-refractivity contribution in [3.8, 4) is 0 Å². The molecule has 8 heteroatoms. The normalized spacial score (nSPS) is 14.8. The van der Waals surface area contributed by atoms with Gasteiger partial charge >= 0.3 is 0 Å². The SMILES string of the molecule is Cc1ccc2oc(SCc3nc(C(=O)N4CCN(Cc5ccccc5)CC4)cs3)nc2c1. The van der Waals surface area contributed by atoms with E-state index >= 15 is 0 Å². The van der Waals surface area contributed by atoms with Crippen molar-refractivity contribution in [3.05, 3.63) is 75.7 Å². The number of thiazole rings is 1. The lowest BCUT2D eigenvalue weighted by Crippen LogP contribution is -2.48. The number of carbonyl (C=O) groups is 1. The van der Waals surface area contributed by atoms with Gasteiger partial charge in [-0.15, -0.1) is 11.3 Å². The molecule has 2 aromatic heterocycles. The van der Waals surface area contributed by atoms with Gasteiger partial charge in [0, 0.05) is 38.1 Å². The molecule has 0 bridgehead atoms. The van der Waals surface area contributed by atoms with E-state index in [2.05, 4.69) is 39.1 Å². The average Bonchev–Trinajstić information content (AvgIpc) is 3.45. The quantitative estimate of drug-likeness (QED) is 0.381. The molecule has 2 aromatic carbocycles. The molecule has 0 aliphatic carbocycles. The summed E-state index contributed by atoms with van der Waals surface area (Å²) in [6, 6.07) is 16.4. The number of fused-ring (bicyclic) bond motifs is 1. The number of benzene rings is 2. The maximum atomic E-state index is 12.9. The zero-order chi connectivity index (χ0) is 21.9. The number of hydrogen-bond donors (Lipinski definition) is 0. The minimum absolute atomic E-state index is 0.0224. The van der Waals surface area contributed by atoms with Gasteiger partial charge in [0.2, 0.25) is 0 Å². The molecule has 32 heavy (non-hydrogen) atoms. The molecule has 0 saturated carbocycles. The van der Waals surface area contributed by atoms with Crippen molar-refractivity contribution < 1.29 is 9.21 Å². The van der Waals surface area contributed by atoms with Gasteiger partial charge in [-0.2, -0.15) is 0 Å². The molecule has 0 atom stereocenters. The maximum absolute atomic E-state index is 12.9. The van der Waals surface area contributed by atoms with Crippen LogP contribution in [0.2, 0.25) is 0 Å². The smallest absolute Gasteiger partial charge is 0.273 e. The van der Waals surface area contributed by atoms with Gasteiger partial charge in [-0.3, -0.25) is 9.69 Å². The average molecular weight is 465 g/mol. The van der Waals surface area contributed by atoms with E-state index in [-0.39, 0.29) is 5.91 Å². The molecule has 1 amide bonds. The topological polar surface area (TPSA) is 62.5 Å². The zero-order valence-corrected chi connectivity index (χ0v) is 19.5. The molecule has 164 valence electrons. The lowest BCUT2D eigenvalue weighted by molar-refractivity contribution is 0.0623. The Morgan fingerprint density at radius 2 is 1.91 bits per heavy atom. The summed E-state index contributed by atoms with van der Waals surface area (Å²) in [4.78, 5) is 26.3. The Kier molecular flexibility index (Phi) is 6.25. The molecule has 6 nitrogen and oxygen atoms in total. The van der Waals surface area contributed by atoms with E-state index in [1.165, 1.54) is 28.7 Å². The van der Waals surface area contributed by atoms with Crippen molar-refractivity contribution >= 4 is 40.1 Å². The standard InChI is InChI=1S/C24H24N4O2S2/c1-17-7-8-21-19(13-17)26-24(30-21)32-16-22-25-20(15-31-22)23(29)28-11-9-27(10-12-28)14-18-5-3-2-4-6-18/h2-8,13,15H,9-12,14,16H2,1H3. The lowest BCUT2D eigenvalue weighted by atomic mass is 10.2. The number of rotatable bonds is 6. The van der Waals surface area contributed by atoms with Crippen LogP contribution in [0.3, 0.4) is 0 Å². The first-order valence-corrected chi connectivity index (χ1v) is 12.5. The van der Waals surface area contributed by atoms with Crippen molar-refractivity contribution in [2.45, 2.75) is 24.4 Å². The van der Waals surface area contributed by atoms with Gasteiger partial charge in [0.1, 0.15) is 16.2 Å². The van der Waals surface area contributed by atoms with Crippen molar-refractivity contribution in [1.82, 2.24) is 19.8 Å². The van der Waals surface area contributed by atoms with Crippen molar-refractivity contribution in [3.63, 3.8) is 0 Å². The van der Waals surface area contributed by atoms with Gasteiger partial charge in [-0.25, -0.2) is 9.97 Å². The second-order valence-corrected chi connectivity index (χ2v) is 9.79. The molecule has 0 spiro atoms. The number of nitrogens with zero attached hydrogens (tertiary/aromatic N) is 4. The predicted octanol–water partition coefficient (Wildman–Crippen LogP) is 4.84. The fourth-order valence-electron chi connectivity index (χ4n) is 3.79. The maximum Gasteiger partial charge on any atom is 0.273 e. The predicted molar refractivity (Wildman–Crippen MR) is 128 cm³/mol. The van der Waals surface area contributed by atoms with Crippen LogP contribution >= 0.6 is 23.1 Å². The minimum atomic E-state index is 0.0224. The Labute approximate surface area is 195 Å². The third kappa shape index (κ3) is 4.87. The molecule has 5 rings (SSSR count). The summed E-state index contributed by atoms with van der Waals surface area (Å²) in [5.41, 5.74) is 4.66. The first-order valence-electron chi connectivity index (χ1n) is 10.6. The van der Waals surface area contributed by atoms with E-state index < -0.39 is 0 Å². The van der Waals surface area contributed by atoms with Crippen LogP contribution in [0.15, 0.2) is 63.6 Å². The van der Waals surface area contributed by atoms with E-state index in [9.17, 15) is 4.79 Å². The number of carbonyl (C=O) groups excluding carboxylic acids is 1. The fraction of sp³-hybridized carbons (Fsp3) is 0.292. The number of piperazine rings is 1. The van der Waals surface area contributed by atoms with E-state index in [0.717, 1.165) is 54.4 Å². The van der Waals surface area contributed by atoms with Gasteiger partial charge in [-0.1, -0.05) is 48.2 Å². The van der Waals surface area contributed by atoms with E-state index in [1.54, 1.807) is 0 Å². The highest BCUT2D eigenvalue weighted by Gasteiger charge is 2.24. The van der Waals surface area contributed by atoms with Gasteiger partial charge in [0.25, 0.3) is 11.1 Å². The number of oxazole rings is 1. The van der Waals surface area contributed by atoms with Gasteiger partial charge < -0.3 is 9.32 Å². The van der Waals surface area contributed by atoms with Gasteiger partial charge in [-0.05, 0) is 30.2 Å². The Hall–Kier alpha value is -2.68. The first-order chi connectivity index (χ1) is 15.6. The van der Waals surface area contributed by atoms with Crippen molar-refractivity contribution in [2.75, 3.05) is 26.2 Å². The number of hydrogen-bond acceptors (Lipinski definition) is 7. The Bertz CT molecular complexity index is 1210. The molecule has 1 aliphatic rings. The molecule has 3 heterocycles. The molecular weight excluding hydrogens is 440 g/mol. The number of thioether (sulfide) groups is 1. The monoisotopic (exact) mass is 464 g/mol. The van der Waals surface area contributed by atoms with Crippen molar-refractivity contribution in [2.24, 2.45) is 0 Å². The molecule has 0 unspecified atom stereocenters. The highest BCUT2D eigenvalue weighted by atomic mass is 32.2. The zero-order valence-electron chi connectivity index (χ0n) is 17.9. The Morgan fingerprint density at radius 1 is 1.09 bits per heavy atom. The molecule has 4 aromatic rings. The van der Waals surface area contributed by atoms with E-state index in [1.807, 2.05) is 41.5 Å².